The smallest absolute Gasteiger partial charge is 0.163 e. The Morgan fingerprint density at radius 3 is 2.80 bits per heavy atom. The van der Waals surface area contributed by atoms with Crippen LogP contribution in [0.4, 0.5) is 0 Å². The molecule has 0 aromatic heterocycles. The van der Waals surface area contributed by atoms with Gasteiger partial charge in [-0.15, -0.1) is 0 Å². The lowest BCUT2D eigenvalue weighted by molar-refractivity contribution is 0.0994. The van der Waals surface area contributed by atoms with Crippen LogP contribution in [0.3, 0.4) is 0 Å². The van der Waals surface area contributed by atoms with Gasteiger partial charge in [-0.3, -0.25) is 4.79 Å². The first-order valence-corrected chi connectivity index (χ1v) is 5.80. The van der Waals surface area contributed by atoms with Crippen LogP contribution >= 0.6 is 15.9 Å². The highest BCUT2D eigenvalue weighted by atomic mass is 79.9. The largest absolute Gasteiger partial charge is 0.294 e. The van der Waals surface area contributed by atoms with Crippen molar-refractivity contribution in [3.63, 3.8) is 0 Å². The number of benzene rings is 2. The van der Waals surface area contributed by atoms with E-state index in [4.69, 9.17) is 0 Å². The Bertz CT molecular complexity index is 572. The highest BCUT2D eigenvalue weighted by Crippen LogP contribution is 2.34. The first-order chi connectivity index (χ1) is 7.27. The Balaban J connectivity index is 2.48. The Labute approximate surface area is 96.2 Å². The normalized spacial score (nSPS) is 14.6. The minimum atomic E-state index is 0.280. The molecule has 2 aromatic carbocycles. The molecular formula is C13H9BrO. The molecule has 1 aliphatic carbocycles. The summed E-state index contributed by atoms with van der Waals surface area (Å²) in [6.45, 7) is 0. The molecular weight excluding hydrogens is 252 g/mol. The van der Waals surface area contributed by atoms with Gasteiger partial charge in [-0.1, -0.05) is 40.2 Å². The van der Waals surface area contributed by atoms with Gasteiger partial charge in [0.2, 0.25) is 0 Å². The molecule has 0 atom stereocenters. The molecule has 0 saturated carbocycles. The zero-order valence-corrected chi connectivity index (χ0v) is 9.67. The summed E-state index contributed by atoms with van der Waals surface area (Å²) in [4.78, 5) is 11.6. The van der Waals surface area contributed by atoms with Gasteiger partial charge >= 0.3 is 0 Å². The van der Waals surface area contributed by atoms with Crippen LogP contribution < -0.4 is 0 Å². The van der Waals surface area contributed by atoms with E-state index in [2.05, 4.69) is 22.0 Å². The number of carbonyl (C=O) groups excluding carboxylic acids is 1. The first-order valence-electron chi connectivity index (χ1n) is 5.00. The summed E-state index contributed by atoms with van der Waals surface area (Å²) in [5.74, 6) is 0.280. The second-order valence-electron chi connectivity index (χ2n) is 3.85. The summed E-state index contributed by atoms with van der Waals surface area (Å²) < 4.78 is 1.09. The molecule has 74 valence electrons. The number of Topliss-reactive ketones (excluding diaryl/α,β-unsaturated/α-hetero) is 1. The number of aryl methyl sites for hydroxylation is 1. The third kappa shape index (κ3) is 1.25. The quantitative estimate of drug-likeness (QED) is 0.706. The monoisotopic (exact) mass is 260 g/mol. The molecule has 1 nitrogen and oxygen atoms in total. The van der Waals surface area contributed by atoms with Crippen LogP contribution in [0.5, 0.6) is 0 Å². The summed E-state index contributed by atoms with van der Waals surface area (Å²) in [6, 6.07) is 10.1. The zero-order valence-electron chi connectivity index (χ0n) is 8.09. The molecule has 0 radical (unpaired) electrons. The number of fused-ring (bicyclic) bond motifs is 3. The van der Waals surface area contributed by atoms with E-state index in [1.165, 1.54) is 16.3 Å². The highest BCUT2D eigenvalue weighted by Gasteiger charge is 2.21. The minimum Gasteiger partial charge on any atom is -0.294 e. The molecule has 0 bridgehead atoms. The summed E-state index contributed by atoms with van der Waals surface area (Å²) >= 11 is 3.56. The maximum Gasteiger partial charge on any atom is 0.163 e. The van der Waals surface area contributed by atoms with Crippen LogP contribution in [0, 0.1) is 0 Å². The Hall–Kier alpha value is -1.15. The molecule has 0 aliphatic heterocycles. The summed E-state index contributed by atoms with van der Waals surface area (Å²) in [7, 11) is 0. The van der Waals surface area contributed by atoms with Crippen molar-refractivity contribution in [1.82, 2.24) is 0 Å². The van der Waals surface area contributed by atoms with Crippen molar-refractivity contribution in [2.75, 3.05) is 0 Å². The predicted octanol–water partition coefficient (Wildman–Crippen LogP) is 3.73. The molecule has 3 rings (SSSR count). The number of hydrogen-bond donors (Lipinski definition) is 0. The summed E-state index contributed by atoms with van der Waals surface area (Å²) in [5.41, 5.74) is 2.12. The van der Waals surface area contributed by atoms with Gasteiger partial charge in [0.15, 0.2) is 5.78 Å². The van der Waals surface area contributed by atoms with Crippen molar-refractivity contribution < 1.29 is 4.79 Å². The van der Waals surface area contributed by atoms with Gasteiger partial charge in [-0.25, -0.2) is 0 Å². The number of carbonyl (C=O) groups is 1. The first kappa shape index (κ1) is 9.10. The molecule has 0 spiro atoms. The van der Waals surface area contributed by atoms with Gasteiger partial charge in [-0.05, 0) is 28.8 Å². The van der Waals surface area contributed by atoms with Crippen molar-refractivity contribution in [2.24, 2.45) is 0 Å². The second kappa shape index (κ2) is 3.17. The lowest BCUT2D eigenvalue weighted by atomic mass is 10.0. The molecule has 0 amide bonds. The van der Waals surface area contributed by atoms with Crippen LogP contribution in [-0.2, 0) is 6.42 Å². The fourth-order valence-electron chi connectivity index (χ4n) is 2.30. The van der Waals surface area contributed by atoms with Gasteiger partial charge < -0.3 is 0 Å². The number of rotatable bonds is 0. The van der Waals surface area contributed by atoms with Gasteiger partial charge in [-0.2, -0.15) is 0 Å². The minimum absolute atomic E-state index is 0.280. The standard InChI is InChI=1S/C13H9BrO/c14-11-3-1-2-8-4-5-9-10(13(8)11)6-7-12(9)15/h1-5H,6-7H2. The highest BCUT2D eigenvalue weighted by molar-refractivity contribution is 9.10. The van der Waals surface area contributed by atoms with E-state index in [0.29, 0.717) is 6.42 Å². The predicted molar refractivity (Wildman–Crippen MR) is 64.3 cm³/mol. The number of ketones is 1. The Kier molecular flexibility index (Phi) is 1.93. The van der Waals surface area contributed by atoms with Gasteiger partial charge in [0.25, 0.3) is 0 Å². The summed E-state index contributed by atoms with van der Waals surface area (Å²) in [5, 5.41) is 2.42. The average Bonchev–Trinajstić information content (AvgIpc) is 2.61. The topological polar surface area (TPSA) is 17.1 Å². The van der Waals surface area contributed by atoms with Crippen molar-refractivity contribution in [3.8, 4) is 0 Å². The second-order valence-corrected chi connectivity index (χ2v) is 4.71. The van der Waals surface area contributed by atoms with Crippen LogP contribution in [0.15, 0.2) is 34.8 Å². The Morgan fingerprint density at radius 1 is 1.07 bits per heavy atom. The van der Waals surface area contributed by atoms with E-state index in [-0.39, 0.29) is 5.78 Å². The molecule has 0 fully saturated rings. The van der Waals surface area contributed by atoms with Crippen LogP contribution in [0.25, 0.3) is 10.8 Å². The molecule has 0 saturated heterocycles. The number of halogens is 1. The summed E-state index contributed by atoms with van der Waals surface area (Å²) in [6.07, 6.45) is 1.55. The molecule has 0 N–H and O–H groups in total. The Morgan fingerprint density at radius 2 is 1.93 bits per heavy atom. The van der Waals surface area contributed by atoms with E-state index in [0.717, 1.165) is 16.5 Å². The fourth-order valence-corrected chi connectivity index (χ4v) is 2.92. The van der Waals surface area contributed by atoms with Gasteiger partial charge in [0.05, 0.1) is 0 Å². The third-order valence-electron chi connectivity index (χ3n) is 3.00. The van der Waals surface area contributed by atoms with Gasteiger partial charge in [0.1, 0.15) is 0 Å². The van der Waals surface area contributed by atoms with Crippen molar-refractivity contribution in [3.05, 3.63) is 45.9 Å². The molecule has 0 heterocycles. The molecule has 2 aromatic rings. The van der Waals surface area contributed by atoms with Crippen LogP contribution in [0.2, 0.25) is 0 Å². The van der Waals surface area contributed by atoms with Crippen LogP contribution in [-0.4, -0.2) is 5.78 Å². The van der Waals surface area contributed by atoms with Gasteiger partial charge in [0, 0.05) is 16.5 Å². The van der Waals surface area contributed by atoms with Crippen molar-refractivity contribution in [1.29, 1.82) is 0 Å². The van der Waals surface area contributed by atoms with Crippen molar-refractivity contribution in [2.45, 2.75) is 12.8 Å². The molecule has 0 unspecified atom stereocenters. The molecule has 2 heteroatoms. The van der Waals surface area contributed by atoms with Crippen molar-refractivity contribution >= 4 is 32.5 Å². The average molecular weight is 261 g/mol. The van der Waals surface area contributed by atoms with Crippen LogP contribution in [0.1, 0.15) is 22.3 Å². The SMILES string of the molecule is O=C1CCc2c1ccc1cccc(Br)c21. The third-order valence-corrected chi connectivity index (χ3v) is 3.67. The lowest BCUT2D eigenvalue weighted by Gasteiger charge is -2.06. The van der Waals surface area contributed by atoms with E-state index in [1.807, 2.05) is 24.3 Å². The molecule has 1 aliphatic rings. The fraction of sp³-hybridized carbons (Fsp3) is 0.154. The van der Waals surface area contributed by atoms with E-state index in [1.54, 1.807) is 0 Å². The van der Waals surface area contributed by atoms with E-state index >= 15 is 0 Å². The molecule has 15 heavy (non-hydrogen) atoms. The van der Waals surface area contributed by atoms with E-state index in [9.17, 15) is 4.79 Å². The maximum absolute atomic E-state index is 11.6. The number of hydrogen-bond acceptors (Lipinski definition) is 1. The maximum atomic E-state index is 11.6. The zero-order chi connectivity index (χ0) is 10.4. The van der Waals surface area contributed by atoms with E-state index < -0.39 is 0 Å². The lowest BCUT2D eigenvalue weighted by Crippen LogP contribution is -1.91.